The lowest BCUT2D eigenvalue weighted by atomic mass is 9.75. The van der Waals surface area contributed by atoms with Crippen LogP contribution in [0.3, 0.4) is 0 Å². The SMILES string of the molecule is CCNc1nccc(N(C)C2CCC(C)(C)CC2)n1. The average Bonchev–Trinajstić information content (AvgIpc) is 2.39. The Balaban J connectivity index is 2.03. The van der Waals surface area contributed by atoms with E-state index in [9.17, 15) is 0 Å². The lowest BCUT2D eigenvalue weighted by Crippen LogP contribution is -2.37. The molecule has 0 saturated heterocycles. The molecule has 1 aromatic heterocycles. The molecule has 0 unspecified atom stereocenters. The lowest BCUT2D eigenvalue weighted by Gasteiger charge is -2.39. The van der Waals surface area contributed by atoms with Crippen LogP contribution in [0.15, 0.2) is 12.3 Å². The maximum atomic E-state index is 4.58. The van der Waals surface area contributed by atoms with Gasteiger partial charge < -0.3 is 10.2 Å². The molecule has 4 heteroatoms. The van der Waals surface area contributed by atoms with Crippen molar-refractivity contribution in [1.29, 1.82) is 0 Å². The fourth-order valence-corrected chi connectivity index (χ4v) is 2.75. The smallest absolute Gasteiger partial charge is 0.224 e. The monoisotopic (exact) mass is 262 g/mol. The summed E-state index contributed by atoms with van der Waals surface area (Å²) in [5.74, 6) is 1.75. The predicted molar refractivity (Wildman–Crippen MR) is 80.6 cm³/mol. The Bertz CT molecular complexity index is 406. The van der Waals surface area contributed by atoms with Crippen molar-refractivity contribution >= 4 is 11.8 Å². The lowest BCUT2D eigenvalue weighted by molar-refractivity contribution is 0.222. The van der Waals surface area contributed by atoms with Crippen LogP contribution in [0.25, 0.3) is 0 Å². The van der Waals surface area contributed by atoms with Crippen molar-refractivity contribution in [3.05, 3.63) is 12.3 Å². The maximum Gasteiger partial charge on any atom is 0.224 e. The molecule has 1 fully saturated rings. The Labute approximate surface area is 116 Å². The van der Waals surface area contributed by atoms with Crippen LogP contribution < -0.4 is 10.2 Å². The third-order valence-electron chi connectivity index (χ3n) is 4.19. The fraction of sp³-hybridized carbons (Fsp3) is 0.733. The van der Waals surface area contributed by atoms with E-state index in [1.165, 1.54) is 25.7 Å². The molecule has 1 aliphatic rings. The van der Waals surface area contributed by atoms with Crippen molar-refractivity contribution in [1.82, 2.24) is 9.97 Å². The highest BCUT2D eigenvalue weighted by atomic mass is 15.2. The first-order valence-electron chi connectivity index (χ1n) is 7.31. The van der Waals surface area contributed by atoms with E-state index in [1.54, 1.807) is 0 Å². The van der Waals surface area contributed by atoms with E-state index in [4.69, 9.17) is 0 Å². The second-order valence-corrected chi connectivity index (χ2v) is 6.28. The van der Waals surface area contributed by atoms with Crippen molar-refractivity contribution in [3.63, 3.8) is 0 Å². The fourth-order valence-electron chi connectivity index (χ4n) is 2.75. The Hall–Kier alpha value is -1.32. The minimum Gasteiger partial charge on any atom is -0.357 e. The third-order valence-corrected chi connectivity index (χ3v) is 4.19. The number of nitrogens with zero attached hydrogens (tertiary/aromatic N) is 3. The van der Waals surface area contributed by atoms with Crippen molar-refractivity contribution in [2.24, 2.45) is 5.41 Å². The van der Waals surface area contributed by atoms with Crippen molar-refractivity contribution in [3.8, 4) is 0 Å². The number of anilines is 2. The van der Waals surface area contributed by atoms with Crippen LogP contribution in [0.1, 0.15) is 46.5 Å². The van der Waals surface area contributed by atoms with Gasteiger partial charge in [0, 0.05) is 25.8 Å². The summed E-state index contributed by atoms with van der Waals surface area (Å²) >= 11 is 0. The van der Waals surface area contributed by atoms with Crippen LogP contribution in [0.5, 0.6) is 0 Å². The molecule has 1 N–H and O–H groups in total. The molecule has 2 rings (SSSR count). The van der Waals surface area contributed by atoms with Crippen LogP contribution in [-0.4, -0.2) is 29.6 Å². The molecule has 1 saturated carbocycles. The highest BCUT2D eigenvalue weighted by Crippen LogP contribution is 2.37. The first-order chi connectivity index (χ1) is 9.02. The van der Waals surface area contributed by atoms with E-state index in [0.717, 1.165) is 18.3 Å². The van der Waals surface area contributed by atoms with E-state index < -0.39 is 0 Å². The summed E-state index contributed by atoms with van der Waals surface area (Å²) in [6.45, 7) is 7.65. The molecule has 0 bridgehead atoms. The van der Waals surface area contributed by atoms with Gasteiger partial charge in [0.25, 0.3) is 0 Å². The highest BCUT2D eigenvalue weighted by Gasteiger charge is 2.29. The predicted octanol–water partition coefficient (Wildman–Crippen LogP) is 3.31. The Morgan fingerprint density at radius 2 is 2.05 bits per heavy atom. The van der Waals surface area contributed by atoms with Gasteiger partial charge in [0.15, 0.2) is 0 Å². The largest absolute Gasteiger partial charge is 0.357 e. The Morgan fingerprint density at radius 1 is 1.37 bits per heavy atom. The highest BCUT2D eigenvalue weighted by molar-refractivity contribution is 5.42. The third kappa shape index (κ3) is 3.58. The second kappa shape index (κ2) is 5.76. The average molecular weight is 262 g/mol. The quantitative estimate of drug-likeness (QED) is 0.904. The van der Waals surface area contributed by atoms with E-state index in [-0.39, 0.29) is 0 Å². The van der Waals surface area contributed by atoms with Gasteiger partial charge in [-0.1, -0.05) is 13.8 Å². The molecule has 4 nitrogen and oxygen atoms in total. The van der Waals surface area contributed by atoms with Gasteiger partial charge in [-0.3, -0.25) is 0 Å². The van der Waals surface area contributed by atoms with Crippen molar-refractivity contribution in [2.45, 2.75) is 52.5 Å². The molecule has 19 heavy (non-hydrogen) atoms. The van der Waals surface area contributed by atoms with E-state index in [0.29, 0.717) is 11.5 Å². The molecular formula is C15H26N4. The van der Waals surface area contributed by atoms with Gasteiger partial charge in [0.2, 0.25) is 5.95 Å². The molecule has 106 valence electrons. The molecule has 1 aliphatic carbocycles. The summed E-state index contributed by atoms with van der Waals surface area (Å²) in [7, 11) is 2.15. The molecular weight excluding hydrogens is 236 g/mol. The molecule has 1 aromatic rings. The summed E-state index contributed by atoms with van der Waals surface area (Å²) in [4.78, 5) is 11.1. The van der Waals surface area contributed by atoms with Crippen LogP contribution in [-0.2, 0) is 0 Å². The van der Waals surface area contributed by atoms with E-state index in [2.05, 4.69) is 48.0 Å². The van der Waals surface area contributed by atoms with Crippen LogP contribution in [0, 0.1) is 5.41 Å². The zero-order chi connectivity index (χ0) is 13.9. The summed E-state index contributed by atoms with van der Waals surface area (Å²) in [6.07, 6.45) is 6.94. The number of nitrogens with one attached hydrogen (secondary N) is 1. The molecule has 1 heterocycles. The number of hydrogen-bond acceptors (Lipinski definition) is 4. The van der Waals surface area contributed by atoms with Crippen LogP contribution >= 0.6 is 0 Å². The minimum absolute atomic E-state index is 0.512. The van der Waals surface area contributed by atoms with Gasteiger partial charge in [-0.05, 0) is 44.1 Å². The van der Waals surface area contributed by atoms with Gasteiger partial charge in [-0.25, -0.2) is 4.98 Å². The molecule has 0 atom stereocenters. The van der Waals surface area contributed by atoms with Crippen LogP contribution in [0.2, 0.25) is 0 Å². The van der Waals surface area contributed by atoms with Gasteiger partial charge in [0.05, 0.1) is 0 Å². The Kier molecular flexibility index (Phi) is 4.27. The number of hydrogen-bond donors (Lipinski definition) is 1. The van der Waals surface area contributed by atoms with E-state index in [1.807, 2.05) is 12.3 Å². The summed E-state index contributed by atoms with van der Waals surface area (Å²) in [5, 5.41) is 3.17. The first-order valence-corrected chi connectivity index (χ1v) is 7.31. The maximum absolute atomic E-state index is 4.58. The summed E-state index contributed by atoms with van der Waals surface area (Å²) in [5.41, 5.74) is 0.512. The van der Waals surface area contributed by atoms with Gasteiger partial charge in [-0.2, -0.15) is 4.98 Å². The summed E-state index contributed by atoms with van der Waals surface area (Å²) < 4.78 is 0. The molecule has 0 amide bonds. The van der Waals surface area contributed by atoms with Gasteiger partial charge >= 0.3 is 0 Å². The van der Waals surface area contributed by atoms with Crippen LogP contribution in [0.4, 0.5) is 11.8 Å². The zero-order valence-corrected chi connectivity index (χ0v) is 12.6. The number of rotatable bonds is 4. The second-order valence-electron chi connectivity index (χ2n) is 6.28. The normalized spacial score (nSPS) is 19.2. The Morgan fingerprint density at radius 3 is 2.68 bits per heavy atom. The summed E-state index contributed by atoms with van der Waals surface area (Å²) in [6, 6.07) is 2.61. The zero-order valence-electron chi connectivity index (χ0n) is 12.6. The molecule has 0 aromatic carbocycles. The minimum atomic E-state index is 0.512. The van der Waals surface area contributed by atoms with Crippen molar-refractivity contribution in [2.75, 3.05) is 23.8 Å². The van der Waals surface area contributed by atoms with Crippen molar-refractivity contribution < 1.29 is 0 Å². The number of aromatic nitrogens is 2. The van der Waals surface area contributed by atoms with Gasteiger partial charge in [0.1, 0.15) is 5.82 Å². The first kappa shape index (κ1) is 14.1. The molecule has 0 radical (unpaired) electrons. The molecule has 0 spiro atoms. The topological polar surface area (TPSA) is 41.1 Å². The molecule has 0 aliphatic heterocycles. The van der Waals surface area contributed by atoms with E-state index >= 15 is 0 Å². The van der Waals surface area contributed by atoms with Gasteiger partial charge in [-0.15, -0.1) is 0 Å². The standard InChI is InChI=1S/C15H26N4/c1-5-16-14-17-11-8-13(18-14)19(4)12-6-9-15(2,3)10-7-12/h8,11-12H,5-7,9-10H2,1-4H3,(H,16,17,18).